The number of hydrogen-bond donors (Lipinski definition) is 4. The molecule has 1 rings (SSSR count). The topological polar surface area (TPSA) is 87.4 Å². The molecule has 0 aromatic heterocycles. The molecule has 17 heavy (non-hydrogen) atoms. The van der Waals surface area contributed by atoms with Crippen molar-refractivity contribution in [3.05, 3.63) is 23.8 Å². The van der Waals surface area contributed by atoms with Crippen LogP contribution in [0.3, 0.4) is 0 Å². The average Bonchev–Trinajstić information content (AvgIpc) is 2.24. The second-order valence-corrected chi connectivity index (χ2v) is 4.55. The Morgan fingerprint density at radius 1 is 1.47 bits per heavy atom. The maximum atomic E-state index is 11.6. The van der Waals surface area contributed by atoms with Crippen LogP contribution in [0.2, 0.25) is 0 Å². The Balaban J connectivity index is 2.95. The van der Waals surface area contributed by atoms with Crippen LogP contribution in [0.5, 0.6) is 0 Å². The summed E-state index contributed by atoms with van der Waals surface area (Å²) in [4.78, 5) is 11.6. The SMILES string of the molecule is CNC(=O)c1ccc(N)cc1NCC(C)(C)O. The van der Waals surface area contributed by atoms with Gasteiger partial charge in [0.1, 0.15) is 0 Å². The molecule has 0 bridgehead atoms. The normalized spacial score (nSPS) is 11.1. The van der Waals surface area contributed by atoms with E-state index >= 15 is 0 Å². The highest BCUT2D eigenvalue weighted by Gasteiger charge is 2.15. The highest BCUT2D eigenvalue weighted by molar-refractivity contribution is 6.00. The lowest BCUT2D eigenvalue weighted by Crippen LogP contribution is -2.30. The maximum Gasteiger partial charge on any atom is 0.253 e. The number of aliphatic hydroxyl groups is 1. The second-order valence-electron chi connectivity index (χ2n) is 4.55. The van der Waals surface area contributed by atoms with Crippen molar-refractivity contribution in [1.82, 2.24) is 5.32 Å². The van der Waals surface area contributed by atoms with Gasteiger partial charge in [-0.15, -0.1) is 0 Å². The van der Waals surface area contributed by atoms with Gasteiger partial charge in [-0.2, -0.15) is 0 Å². The number of benzene rings is 1. The Morgan fingerprint density at radius 2 is 2.12 bits per heavy atom. The Labute approximate surface area is 101 Å². The van der Waals surface area contributed by atoms with E-state index in [1.165, 1.54) is 0 Å². The molecule has 0 aliphatic carbocycles. The summed E-state index contributed by atoms with van der Waals surface area (Å²) in [5.41, 5.74) is 6.51. The fraction of sp³-hybridized carbons (Fsp3) is 0.417. The number of rotatable bonds is 4. The molecule has 0 unspecified atom stereocenters. The van der Waals surface area contributed by atoms with E-state index in [0.29, 0.717) is 23.5 Å². The van der Waals surface area contributed by atoms with Gasteiger partial charge in [0.25, 0.3) is 5.91 Å². The monoisotopic (exact) mass is 237 g/mol. The number of nitrogens with one attached hydrogen (secondary N) is 2. The number of anilines is 2. The van der Waals surface area contributed by atoms with E-state index in [9.17, 15) is 9.90 Å². The van der Waals surface area contributed by atoms with Crippen LogP contribution in [0, 0.1) is 0 Å². The smallest absolute Gasteiger partial charge is 0.253 e. The van der Waals surface area contributed by atoms with Crippen molar-refractivity contribution < 1.29 is 9.90 Å². The molecule has 5 N–H and O–H groups in total. The third-order valence-electron chi connectivity index (χ3n) is 2.23. The number of hydrogen-bond acceptors (Lipinski definition) is 4. The van der Waals surface area contributed by atoms with Crippen molar-refractivity contribution in [1.29, 1.82) is 0 Å². The van der Waals surface area contributed by atoms with Gasteiger partial charge in [-0.3, -0.25) is 4.79 Å². The molecular weight excluding hydrogens is 218 g/mol. The van der Waals surface area contributed by atoms with E-state index < -0.39 is 5.60 Å². The van der Waals surface area contributed by atoms with Crippen LogP contribution in [-0.2, 0) is 0 Å². The molecule has 0 aliphatic rings. The van der Waals surface area contributed by atoms with Crippen LogP contribution < -0.4 is 16.4 Å². The minimum absolute atomic E-state index is 0.191. The summed E-state index contributed by atoms with van der Waals surface area (Å²) in [6.07, 6.45) is 0. The zero-order valence-electron chi connectivity index (χ0n) is 10.4. The van der Waals surface area contributed by atoms with Gasteiger partial charge in [0.05, 0.1) is 11.2 Å². The van der Waals surface area contributed by atoms with E-state index in [2.05, 4.69) is 10.6 Å². The molecule has 0 aliphatic heterocycles. The Kier molecular flexibility index (Phi) is 3.96. The van der Waals surface area contributed by atoms with Crippen LogP contribution in [0.1, 0.15) is 24.2 Å². The quantitative estimate of drug-likeness (QED) is 0.584. The summed E-state index contributed by atoms with van der Waals surface area (Å²) in [6, 6.07) is 5.00. The van der Waals surface area contributed by atoms with Gasteiger partial charge in [-0.05, 0) is 32.0 Å². The minimum Gasteiger partial charge on any atom is -0.399 e. The molecule has 0 heterocycles. The third kappa shape index (κ3) is 3.96. The van der Waals surface area contributed by atoms with Crippen molar-refractivity contribution in [2.24, 2.45) is 0 Å². The summed E-state index contributed by atoms with van der Waals surface area (Å²) in [7, 11) is 1.57. The Hall–Kier alpha value is -1.75. The lowest BCUT2D eigenvalue weighted by Gasteiger charge is -2.20. The van der Waals surface area contributed by atoms with Gasteiger partial charge in [-0.25, -0.2) is 0 Å². The largest absolute Gasteiger partial charge is 0.399 e. The molecular formula is C12H19N3O2. The lowest BCUT2D eigenvalue weighted by atomic mass is 10.1. The van der Waals surface area contributed by atoms with Gasteiger partial charge < -0.3 is 21.5 Å². The predicted octanol–water partition coefficient (Wildman–Crippen LogP) is 0.811. The standard InChI is InChI=1S/C12H19N3O2/c1-12(2,17)7-15-10-6-8(13)4-5-9(10)11(16)14-3/h4-6,15,17H,7,13H2,1-3H3,(H,14,16). The molecule has 1 aromatic rings. The van der Waals surface area contributed by atoms with Crippen LogP contribution in [0.15, 0.2) is 18.2 Å². The van der Waals surface area contributed by atoms with Crippen LogP contribution in [0.25, 0.3) is 0 Å². The first kappa shape index (κ1) is 13.3. The number of nitrogen functional groups attached to an aromatic ring is 1. The molecule has 0 atom stereocenters. The first-order chi connectivity index (χ1) is 7.83. The van der Waals surface area contributed by atoms with Crippen LogP contribution in [-0.4, -0.2) is 30.2 Å². The van der Waals surface area contributed by atoms with Gasteiger partial charge in [0.2, 0.25) is 0 Å². The van der Waals surface area contributed by atoms with Crippen molar-refractivity contribution >= 4 is 17.3 Å². The fourth-order valence-corrected chi connectivity index (χ4v) is 1.35. The molecule has 94 valence electrons. The summed E-state index contributed by atoms with van der Waals surface area (Å²) >= 11 is 0. The minimum atomic E-state index is -0.857. The number of nitrogens with two attached hydrogens (primary N) is 1. The van der Waals surface area contributed by atoms with Gasteiger partial charge >= 0.3 is 0 Å². The van der Waals surface area contributed by atoms with Gasteiger partial charge in [0, 0.05) is 25.0 Å². The third-order valence-corrected chi connectivity index (χ3v) is 2.23. The van der Waals surface area contributed by atoms with E-state index in [-0.39, 0.29) is 5.91 Å². The molecule has 0 saturated heterocycles. The van der Waals surface area contributed by atoms with Crippen LogP contribution in [0.4, 0.5) is 11.4 Å². The number of carbonyl (C=O) groups is 1. The molecule has 1 aromatic carbocycles. The summed E-state index contributed by atoms with van der Waals surface area (Å²) in [5.74, 6) is -0.191. The molecule has 0 spiro atoms. The predicted molar refractivity (Wildman–Crippen MR) is 69.0 cm³/mol. The Bertz CT molecular complexity index is 411. The fourth-order valence-electron chi connectivity index (χ4n) is 1.35. The molecule has 0 fully saturated rings. The Morgan fingerprint density at radius 3 is 2.65 bits per heavy atom. The zero-order valence-corrected chi connectivity index (χ0v) is 10.4. The van der Waals surface area contributed by atoms with Gasteiger partial charge in [-0.1, -0.05) is 0 Å². The highest BCUT2D eigenvalue weighted by atomic mass is 16.3. The van der Waals surface area contributed by atoms with Crippen molar-refractivity contribution in [3.8, 4) is 0 Å². The second kappa shape index (κ2) is 5.05. The van der Waals surface area contributed by atoms with Crippen molar-refractivity contribution in [2.45, 2.75) is 19.4 Å². The lowest BCUT2D eigenvalue weighted by molar-refractivity contribution is 0.0934. The molecule has 5 nitrogen and oxygen atoms in total. The summed E-state index contributed by atoms with van der Waals surface area (Å²) in [5, 5.41) is 15.2. The van der Waals surface area contributed by atoms with E-state index in [4.69, 9.17) is 5.73 Å². The van der Waals surface area contributed by atoms with Crippen molar-refractivity contribution in [2.75, 3.05) is 24.6 Å². The van der Waals surface area contributed by atoms with Gasteiger partial charge in [0.15, 0.2) is 0 Å². The maximum absolute atomic E-state index is 11.6. The molecule has 0 radical (unpaired) electrons. The van der Waals surface area contributed by atoms with Crippen molar-refractivity contribution in [3.63, 3.8) is 0 Å². The highest BCUT2D eigenvalue weighted by Crippen LogP contribution is 2.20. The number of amides is 1. The first-order valence-corrected chi connectivity index (χ1v) is 5.41. The summed E-state index contributed by atoms with van der Waals surface area (Å²) < 4.78 is 0. The molecule has 0 saturated carbocycles. The average molecular weight is 237 g/mol. The van der Waals surface area contributed by atoms with Crippen LogP contribution >= 0.6 is 0 Å². The number of carbonyl (C=O) groups excluding carboxylic acids is 1. The van der Waals surface area contributed by atoms with E-state index in [1.54, 1.807) is 39.1 Å². The molecule has 5 heteroatoms. The summed E-state index contributed by atoms with van der Waals surface area (Å²) in [6.45, 7) is 3.71. The van der Waals surface area contributed by atoms with E-state index in [0.717, 1.165) is 0 Å². The zero-order chi connectivity index (χ0) is 13.1. The molecule has 1 amide bonds. The van der Waals surface area contributed by atoms with E-state index in [1.807, 2.05) is 0 Å². The first-order valence-electron chi connectivity index (χ1n) is 5.41.